The second-order valence-corrected chi connectivity index (χ2v) is 8.24. The number of nitrogens with zero attached hydrogens (tertiary/aromatic N) is 5. The summed E-state index contributed by atoms with van der Waals surface area (Å²) in [6.07, 6.45) is 1.03. The van der Waals surface area contributed by atoms with Gasteiger partial charge in [-0.2, -0.15) is 5.26 Å². The standard InChI is InChI=1S/C20H18ClN5S/c1-11-12(2)27-20-17(11)18(14-6-8-15(21)9-7-14)23-16(5-4-10-22)19-25-24-13(3)26(19)20/h6-9,16H,4-5H2,1-3H3/t16-/m0/s1. The van der Waals surface area contributed by atoms with Crippen LogP contribution in [0.25, 0.3) is 5.00 Å². The number of nitriles is 1. The van der Waals surface area contributed by atoms with E-state index in [0.717, 1.165) is 33.5 Å². The maximum atomic E-state index is 9.09. The summed E-state index contributed by atoms with van der Waals surface area (Å²) < 4.78 is 2.11. The number of halogens is 1. The molecular formula is C20H18ClN5S. The smallest absolute Gasteiger partial charge is 0.163 e. The Labute approximate surface area is 167 Å². The van der Waals surface area contributed by atoms with Gasteiger partial charge in [-0.25, -0.2) is 0 Å². The first-order valence-electron chi connectivity index (χ1n) is 8.74. The minimum absolute atomic E-state index is 0.212. The van der Waals surface area contributed by atoms with E-state index in [1.807, 2.05) is 31.2 Å². The average molecular weight is 396 g/mol. The third-order valence-corrected chi connectivity index (χ3v) is 6.33. The van der Waals surface area contributed by atoms with Gasteiger partial charge in [0.1, 0.15) is 16.9 Å². The zero-order valence-corrected chi connectivity index (χ0v) is 16.9. The number of hydrogen-bond donors (Lipinski definition) is 0. The molecule has 0 amide bonds. The molecule has 0 bridgehead atoms. The number of rotatable bonds is 3. The second kappa shape index (κ2) is 6.91. The lowest BCUT2D eigenvalue weighted by Gasteiger charge is -2.11. The van der Waals surface area contributed by atoms with Crippen molar-refractivity contribution in [1.82, 2.24) is 14.8 Å². The molecule has 1 atom stereocenters. The molecule has 136 valence electrons. The number of aromatic nitrogens is 3. The molecule has 2 aromatic heterocycles. The normalized spacial score (nSPS) is 15.5. The van der Waals surface area contributed by atoms with Gasteiger partial charge >= 0.3 is 0 Å². The van der Waals surface area contributed by atoms with Gasteiger partial charge < -0.3 is 0 Å². The van der Waals surface area contributed by atoms with E-state index >= 15 is 0 Å². The van der Waals surface area contributed by atoms with Crippen LogP contribution in [-0.4, -0.2) is 20.5 Å². The third kappa shape index (κ3) is 2.97. The van der Waals surface area contributed by atoms with E-state index in [-0.39, 0.29) is 6.04 Å². The highest BCUT2D eigenvalue weighted by Crippen LogP contribution is 2.39. The average Bonchev–Trinajstić information content (AvgIpc) is 3.12. The number of thiophene rings is 1. The molecule has 5 nitrogen and oxygen atoms in total. The topological polar surface area (TPSA) is 66.9 Å². The summed E-state index contributed by atoms with van der Waals surface area (Å²) in [6, 6.07) is 9.78. The molecule has 3 aromatic rings. The Bertz CT molecular complexity index is 1090. The minimum atomic E-state index is -0.212. The van der Waals surface area contributed by atoms with Crippen molar-refractivity contribution in [3.8, 4) is 11.1 Å². The number of aryl methyl sites for hydroxylation is 2. The van der Waals surface area contributed by atoms with E-state index in [1.165, 1.54) is 10.4 Å². The molecule has 0 aliphatic carbocycles. The summed E-state index contributed by atoms with van der Waals surface area (Å²) in [5.41, 5.74) is 4.27. The van der Waals surface area contributed by atoms with Gasteiger partial charge in [-0.3, -0.25) is 9.56 Å². The fraction of sp³-hybridized carbons (Fsp3) is 0.300. The fourth-order valence-electron chi connectivity index (χ4n) is 3.39. The van der Waals surface area contributed by atoms with Gasteiger partial charge in [0, 0.05) is 27.4 Å². The van der Waals surface area contributed by atoms with Crippen molar-refractivity contribution in [3.05, 3.63) is 62.5 Å². The Morgan fingerprint density at radius 1 is 1.19 bits per heavy atom. The van der Waals surface area contributed by atoms with E-state index in [4.69, 9.17) is 21.9 Å². The molecule has 1 aliphatic heterocycles. The molecule has 4 rings (SSSR count). The molecule has 1 aliphatic rings. The highest BCUT2D eigenvalue weighted by molar-refractivity contribution is 7.15. The molecule has 1 aromatic carbocycles. The zero-order valence-electron chi connectivity index (χ0n) is 15.3. The van der Waals surface area contributed by atoms with Crippen LogP contribution in [0, 0.1) is 32.1 Å². The molecule has 0 saturated heterocycles. The summed E-state index contributed by atoms with van der Waals surface area (Å²) in [5, 5.41) is 19.6. The van der Waals surface area contributed by atoms with Crippen LogP contribution < -0.4 is 0 Å². The molecule has 0 spiro atoms. The van der Waals surface area contributed by atoms with Crippen LogP contribution in [0.4, 0.5) is 0 Å². The van der Waals surface area contributed by atoms with Crippen molar-refractivity contribution in [1.29, 1.82) is 5.26 Å². The third-order valence-electron chi connectivity index (χ3n) is 4.89. The predicted molar refractivity (Wildman–Crippen MR) is 108 cm³/mol. The highest BCUT2D eigenvalue weighted by atomic mass is 35.5. The summed E-state index contributed by atoms with van der Waals surface area (Å²) in [4.78, 5) is 6.34. The summed E-state index contributed by atoms with van der Waals surface area (Å²) in [5.74, 6) is 1.64. The van der Waals surface area contributed by atoms with Crippen LogP contribution in [0.1, 0.15) is 52.1 Å². The van der Waals surface area contributed by atoms with Crippen LogP contribution in [0.2, 0.25) is 5.02 Å². The van der Waals surface area contributed by atoms with E-state index in [2.05, 4.69) is 34.7 Å². The van der Waals surface area contributed by atoms with Crippen LogP contribution >= 0.6 is 22.9 Å². The molecule has 0 unspecified atom stereocenters. The molecular weight excluding hydrogens is 378 g/mol. The van der Waals surface area contributed by atoms with E-state index < -0.39 is 0 Å². The van der Waals surface area contributed by atoms with Crippen LogP contribution in [0.15, 0.2) is 29.3 Å². The van der Waals surface area contributed by atoms with Gasteiger partial charge in [-0.1, -0.05) is 23.7 Å². The SMILES string of the molecule is Cc1sc2c(c1C)C(c1ccc(Cl)cc1)=N[C@@H](CCC#N)c1nnc(C)n1-2. The molecule has 0 radical (unpaired) electrons. The van der Waals surface area contributed by atoms with Gasteiger partial charge in [0.2, 0.25) is 0 Å². The van der Waals surface area contributed by atoms with E-state index in [0.29, 0.717) is 17.9 Å². The first-order valence-corrected chi connectivity index (χ1v) is 9.94. The summed E-state index contributed by atoms with van der Waals surface area (Å²) in [6.45, 7) is 6.21. The molecule has 0 N–H and O–H groups in total. The Kier molecular flexibility index (Phi) is 4.58. The molecule has 7 heteroatoms. The first kappa shape index (κ1) is 17.9. The van der Waals surface area contributed by atoms with Gasteiger partial charge in [0.15, 0.2) is 5.82 Å². The summed E-state index contributed by atoms with van der Waals surface area (Å²) in [7, 11) is 0. The first-order chi connectivity index (χ1) is 13.0. The molecule has 0 fully saturated rings. The lowest BCUT2D eigenvalue weighted by molar-refractivity contribution is 0.616. The molecule has 27 heavy (non-hydrogen) atoms. The predicted octanol–water partition coefficient (Wildman–Crippen LogP) is 5.10. The van der Waals surface area contributed by atoms with Gasteiger partial charge in [0.05, 0.1) is 11.8 Å². The number of fused-ring (bicyclic) bond motifs is 3. The van der Waals surface area contributed by atoms with Gasteiger partial charge in [-0.05, 0) is 44.9 Å². The van der Waals surface area contributed by atoms with Crippen LogP contribution in [0.5, 0.6) is 0 Å². The van der Waals surface area contributed by atoms with Crippen molar-refractivity contribution in [2.24, 2.45) is 4.99 Å². The highest BCUT2D eigenvalue weighted by Gasteiger charge is 2.30. The van der Waals surface area contributed by atoms with Crippen molar-refractivity contribution < 1.29 is 0 Å². The second-order valence-electron chi connectivity index (χ2n) is 6.60. The fourth-order valence-corrected chi connectivity index (χ4v) is 4.73. The largest absolute Gasteiger partial charge is 0.272 e. The Balaban J connectivity index is 2.01. The number of aliphatic imine (C=N–C) groups is 1. The van der Waals surface area contributed by atoms with Gasteiger partial charge in [0.25, 0.3) is 0 Å². The van der Waals surface area contributed by atoms with E-state index in [1.54, 1.807) is 11.3 Å². The maximum absolute atomic E-state index is 9.09. The van der Waals surface area contributed by atoms with Gasteiger partial charge in [-0.15, -0.1) is 21.5 Å². The Morgan fingerprint density at radius 3 is 2.63 bits per heavy atom. The number of hydrogen-bond acceptors (Lipinski definition) is 5. The zero-order chi connectivity index (χ0) is 19.1. The van der Waals surface area contributed by atoms with Crippen molar-refractivity contribution in [2.75, 3.05) is 0 Å². The maximum Gasteiger partial charge on any atom is 0.163 e. The quantitative estimate of drug-likeness (QED) is 0.619. The monoisotopic (exact) mass is 395 g/mol. The van der Waals surface area contributed by atoms with E-state index in [9.17, 15) is 0 Å². The van der Waals surface area contributed by atoms with Crippen LogP contribution in [-0.2, 0) is 0 Å². The Morgan fingerprint density at radius 2 is 1.93 bits per heavy atom. The lowest BCUT2D eigenvalue weighted by atomic mass is 9.99. The Hall–Kier alpha value is -2.49. The van der Waals surface area contributed by atoms with Crippen molar-refractivity contribution >= 4 is 28.6 Å². The van der Waals surface area contributed by atoms with Crippen molar-refractivity contribution in [2.45, 2.75) is 39.7 Å². The minimum Gasteiger partial charge on any atom is -0.272 e. The van der Waals surface area contributed by atoms with Crippen molar-refractivity contribution in [3.63, 3.8) is 0 Å². The number of benzene rings is 1. The summed E-state index contributed by atoms with van der Waals surface area (Å²) >= 11 is 7.83. The molecule has 3 heterocycles. The molecule has 0 saturated carbocycles. The van der Waals surface area contributed by atoms with Crippen LogP contribution in [0.3, 0.4) is 0 Å². The lowest BCUT2D eigenvalue weighted by Crippen LogP contribution is -2.07.